The van der Waals surface area contributed by atoms with Crippen molar-refractivity contribution in [3.05, 3.63) is 53.7 Å². The third-order valence-electron chi connectivity index (χ3n) is 2.58. The standard InChI is InChI=1S/C13H9BF3N/c14-7-9-1-3-10(4-2-9)12-6-5-11(8-18-12)13(15,16)17/h1-6,8H,7H2. The number of hydrogen-bond acceptors (Lipinski definition) is 1. The van der Waals surface area contributed by atoms with Crippen LogP contribution in [0.2, 0.25) is 0 Å². The normalized spacial score (nSPS) is 11.5. The molecule has 0 aliphatic rings. The Morgan fingerprint density at radius 3 is 2.11 bits per heavy atom. The molecule has 1 aromatic carbocycles. The lowest BCUT2D eigenvalue weighted by molar-refractivity contribution is -0.137. The summed E-state index contributed by atoms with van der Waals surface area (Å²) in [6.45, 7) is 0. The molecule has 1 aromatic heterocycles. The molecule has 0 bridgehead atoms. The fourth-order valence-corrected chi connectivity index (χ4v) is 1.54. The molecule has 0 saturated heterocycles. The van der Waals surface area contributed by atoms with Gasteiger partial charge < -0.3 is 0 Å². The van der Waals surface area contributed by atoms with E-state index in [9.17, 15) is 13.2 Å². The van der Waals surface area contributed by atoms with Crippen molar-refractivity contribution < 1.29 is 13.2 Å². The van der Waals surface area contributed by atoms with Gasteiger partial charge in [-0.3, -0.25) is 4.98 Å². The summed E-state index contributed by atoms with van der Waals surface area (Å²) in [4.78, 5) is 3.82. The van der Waals surface area contributed by atoms with E-state index in [1.54, 1.807) is 12.1 Å². The first kappa shape index (κ1) is 12.7. The van der Waals surface area contributed by atoms with Crippen LogP contribution < -0.4 is 0 Å². The van der Waals surface area contributed by atoms with Crippen molar-refractivity contribution in [2.75, 3.05) is 0 Å². The van der Waals surface area contributed by atoms with E-state index >= 15 is 0 Å². The number of halogens is 3. The fraction of sp³-hybridized carbons (Fsp3) is 0.154. The van der Waals surface area contributed by atoms with Gasteiger partial charge >= 0.3 is 6.18 Å². The summed E-state index contributed by atoms with van der Waals surface area (Å²) in [5.41, 5.74) is 1.49. The van der Waals surface area contributed by atoms with E-state index in [0.29, 0.717) is 12.0 Å². The summed E-state index contributed by atoms with van der Waals surface area (Å²) in [5, 5.41) is 0. The number of aromatic nitrogens is 1. The molecule has 0 fully saturated rings. The van der Waals surface area contributed by atoms with Crippen LogP contribution in [0.1, 0.15) is 11.1 Å². The maximum Gasteiger partial charge on any atom is 0.417 e. The highest BCUT2D eigenvalue weighted by Crippen LogP contribution is 2.29. The van der Waals surface area contributed by atoms with Crippen LogP contribution in [-0.2, 0) is 12.5 Å². The highest BCUT2D eigenvalue weighted by Gasteiger charge is 2.30. The van der Waals surface area contributed by atoms with Gasteiger partial charge in [0, 0.05) is 11.8 Å². The molecule has 2 radical (unpaired) electrons. The molecule has 0 aliphatic carbocycles. The highest BCUT2D eigenvalue weighted by atomic mass is 19.4. The van der Waals surface area contributed by atoms with Gasteiger partial charge in [0.15, 0.2) is 0 Å². The van der Waals surface area contributed by atoms with Crippen LogP contribution in [0.15, 0.2) is 42.6 Å². The molecular formula is C13H9BF3N. The van der Waals surface area contributed by atoms with Crippen molar-refractivity contribution in [3.63, 3.8) is 0 Å². The van der Waals surface area contributed by atoms with Crippen molar-refractivity contribution in [1.82, 2.24) is 4.98 Å². The second-order valence-corrected chi connectivity index (χ2v) is 3.83. The SMILES string of the molecule is [B]Cc1ccc(-c2ccc(C(F)(F)F)cn2)cc1. The zero-order chi connectivity index (χ0) is 13.2. The summed E-state index contributed by atoms with van der Waals surface area (Å²) >= 11 is 0. The summed E-state index contributed by atoms with van der Waals surface area (Å²) < 4.78 is 37.1. The monoisotopic (exact) mass is 247 g/mol. The lowest BCUT2D eigenvalue weighted by Crippen LogP contribution is -2.05. The minimum atomic E-state index is -4.35. The van der Waals surface area contributed by atoms with Gasteiger partial charge in [0.05, 0.1) is 19.1 Å². The molecule has 0 atom stereocenters. The molecule has 0 spiro atoms. The largest absolute Gasteiger partial charge is 0.417 e. The Labute approximate surface area is 104 Å². The average Bonchev–Trinajstić information content (AvgIpc) is 2.38. The lowest BCUT2D eigenvalue weighted by atomic mass is 9.96. The Morgan fingerprint density at radius 2 is 1.67 bits per heavy atom. The third kappa shape index (κ3) is 2.72. The molecule has 18 heavy (non-hydrogen) atoms. The van der Waals surface area contributed by atoms with Gasteiger partial charge in [0.1, 0.15) is 0 Å². The fourth-order valence-electron chi connectivity index (χ4n) is 1.54. The van der Waals surface area contributed by atoms with E-state index in [-0.39, 0.29) is 0 Å². The predicted molar refractivity (Wildman–Crippen MR) is 64.1 cm³/mol. The van der Waals surface area contributed by atoms with Crippen LogP contribution in [0.5, 0.6) is 0 Å². The van der Waals surface area contributed by atoms with Gasteiger partial charge in [-0.15, -0.1) is 0 Å². The van der Waals surface area contributed by atoms with Gasteiger partial charge in [0.25, 0.3) is 0 Å². The molecular weight excluding hydrogens is 238 g/mol. The highest BCUT2D eigenvalue weighted by molar-refractivity contribution is 6.08. The molecule has 0 aliphatic heterocycles. The Bertz CT molecular complexity index is 517. The minimum Gasteiger partial charge on any atom is -0.256 e. The van der Waals surface area contributed by atoms with E-state index in [0.717, 1.165) is 23.4 Å². The average molecular weight is 247 g/mol. The summed E-state index contributed by atoms with van der Waals surface area (Å²) in [6, 6.07) is 9.62. The van der Waals surface area contributed by atoms with Crippen LogP contribution in [0.25, 0.3) is 11.3 Å². The number of hydrogen-bond donors (Lipinski definition) is 0. The van der Waals surface area contributed by atoms with Crippen molar-refractivity contribution in [2.45, 2.75) is 12.5 Å². The maximum atomic E-state index is 12.4. The molecule has 90 valence electrons. The number of pyridine rings is 1. The van der Waals surface area contributed by atoms with Gasteiger partial charge in [-0.25, -0.2) is 0 Å². The predicted octanol–water partition coefficient (Wildman–Crippen LogP) is 3.44. The second kappa shape index (κ2) is 4.84. The lowest BCUT2D eigenvalue weighted by Gasteiger charge is -2.07. The molecule has 1 nitrogen and oxygen atoms in total. The van der Waals surface area contributed by atoms with Gasteiger partial charge in [-0.05, 0) is 12.1 Å². The molecule has 1 heterocycles. The second-order valence-electron chi connectivity index (χ2n) is 3.83. The van der Waals surface area contributed by atoms with Gasteiger partial charge in [-0.2, -0.15) is 13.2 Å². The maximum absolute atomic E-state index is 12.4. The quantitative estimate of drug-likeness (QED) is 0.740. The van der Waals surface area contributed by atoms with E-state index < -0.39 is 11.7 Å². The topological polar surface area (TPSA) is 12.9 Å². The smallest absolute Gasteiger partial charge is 0.256 e. The third-order valence-corrected chi connectivity index (χ3v) is 2.58. The minimum absolute atomic E-state index is 0.431. The van der Waals surface area contributed by atoms with Gasteiger partial charge in [-0.1, -0.05) is 36.1 Å². The van der Waals surface area contributed by atoms with E-state index in [1.165, 1.54) is 6.07 Å². The number of nitrogens with zero attached hydrogens (tertiary/aromatic N) is 1. The van der Waals surface area contributed by atoms with E-state index in [4.69, 9.17) is 7.85 Å². The number of alkyl halides is 3. The Morgan fingerprint density at radius 1 is 1.00 bits per heavy atom. The van der Waals surface area contributed by atoms with Crippen LogP contribution >= 0.6 is 0 Å². The van der Waals surface area contributed by atoms with Crippen LogP contribution in [0, 0.1) is 0 Å². The summed E-state index contributed by atoms with van der Waals surface area (Å²) in [5.74, 6) is 0. The first-order valence-electron chi connectivity index (χ1n) is 5.33. The summed E-state index contributed by atoms with van der Waals surface area (Å²) in [6.07, 6.45) is -3.08. The van der Waals surface area contributed by atoms with Crippen molar-refractivity contribution in [3.8, 4) is 11.3 Å². The van der Waals surface area contributed by atoms with Crippen molar-refractivity contribution >= 4 is 7.85 Å². The molecule has 2 rings (SSSR count). The zero-order valence-electron chi connectivity index (χ0n) is 9.41. The molecule has 0 unspecified atom stereocenters. The molecule has 0 N–H and O–H groups in total. The van der Waals surface area contributed by atoms with E-state index in [2.05, 4.69) is 4.98 Å². The Hall–Kier alpha value is -1.78. The van der Waals surface area contributed by atoms with Gasteiger partial charge in [0.2, 0.25) is 0 Å². The zero-order valence-corrected chi connectivity index (χ0v) is 9.41. The molecule has 5 heteroatoms. The number of rotatable bonds is 2. The molecule has 2 aromatic rings. The summed E-state index contributed by atoms with van der Waals surface area (Å²) in [7, 11) is 5.47. The van der Waals surface area contributed by atoms with E-state index in [1.807, 2.05) is 12.1 Å². The van der Waals surface area contributed by atoms with Crippen LogP contribution in [-0.4, -0.2) is 12.8 Å². The first-order valence-corrected chi connectivity index (χ1v) is 5.33. The Balaban J connectivity index is 2.28. The first-order chi connectivity index (χ1) is 8.50. The van der Waals surface area contributed by atoms with Crippen LogP contribution in [0.4, 0.5) is 13.2 Å². The van der Waals surface area contributed by atoms with Crippen LogP contribution in [0.3, 0.4) is 0 Å². The molecule has 0 amide bonds. The van der Waals surface area contributed by atoms with Crippen molar-refractivity contribution in [1.29, 1.82) is 0 Å². The Kier molecular flexibility index (Phi) is 3.41. The molecule has 0 saturated carbocycles. The van der Waals surface area contributed by atoms with Crippen molar-refractivity contribution in [2.24, 2.45) is 0 Å². The number of benzene rings is 1.